The van der Waals surface area contributed by atoms with E-state index in [1.165, 1.54) is 132 Å². The molecule has 1 unspecified atom stereocenters. The Kier molecular flexibility index (Phi) is 74.3. The number of ether oxygens (including phenoxy) is 14. The molecule has 0 aliphatic heterocycles. The number of rotatable bonds is 56. The van der Waals surface area contributed by atoms with Crippen molar-refractivity contribution in [3.63, 3.8) is 0 Å². The van der Waals surface area contributed by atoms with E-state index in [1.54, 1.807) is 48.5 Å². The Morgan fingerprint density at radius 2 is 0.635 bits per heavy atom. The largest absolute Gasteiger partial charge is 0.394 e. The molecule has 5 rings (SSSR count). The molecule has 10 atom stereocenters. The van der Waals surface area contributed by atoms with E-state index in [1.807, 2.05) is 34.6 Å². The van der Waals surface area contributed by atoms with Gasteiger partial charge < -0.3 is 115 Å². The summed E-state index contributed by atoms with van der Waals surface area (Å²) in [6.45, 7) is 16.3. The number of alkyl halides is 1. The summed E-state index contributed by atoms with van der Waals surface area (Å²) in [7, 11) is 4.58. The number of hydrogen-bond donors (Lipinski definition) is 9. The normalized spacial score (nSPS) is 13.8. The lowest BCUT2D eigenvalue weighted by atomic mass is 10.2. The van der Waals surface area contributed by atoms with Crippen molar-refractivity contribution in [3.8, 4) is 0 Å². The van der Waals surface area contributed by atoms with Gasteiger partial charge in [0.05, 0.1) is 130 Å². The maximum Gasteiger partial charge on any atom is 0.342 e. The number of aldehydes is 1. The first kappa shape index (κ1) is 125. The standard InChI is InChI=1S/C16H27N2O7P.2C13H22N2O6.C13H20N2O6.C11H18N2O4.C5H14O6P2.C3H7BrO.FH.H3N/c1-5-13(7-11-26(4,21)23-3)25-15(12-24-10-9-22-2)18-8-6-14(19)17-16(18)20;3*1-3-10(8-16)21-12(9-20-7-6-19-2)15-5-4-11(17)14-13(15)18;1-3-8(4-2)17-10(7-14)13-6-5-9(15)12-11(13)16;1-8-12(6,9-2)5-13(7,10-3)11-4;1-5-3-2-4;;/h6-8,11,13,15H,5,9-10,12H2,1-4H3,(H,17,19,20);2*4-5,10,12,16H,3,6-9H2,1-2H3,(H,14,17,18);4-5,8,10,12H,3,6-7,9H2,1-2H3,(H,14,17,18);5-6,8,10,14H,3-4,7H2,1-2H3,(H,12,15,16);5H2,1-4H3;2-3H2,1H3;1H;1H3/b11-7+;;;;;;;;/t13-,15+,26?;3*10-,12+;10-;;;;/m00001..../s1. The molecule has 11 N–H and O–H groups in total. The van der Waals surface area contributed by atoms with Crippen LogP contribution in [0.2, 0.25) is 0 Å². The van der Waals surface area contributed by atoms with Gasteiger partial charge in [-0.15, -0.1) is 0 Å². The highest BCUT2D eigenvalue weighted by molar-refractivity contribution is 9.09. The van der Waals surface area contributed by atoms with Crippen molar-refractivity contribution in [3.05, 3.63) is 177 Å². The Bertz CT molecular complexity index is 4300. The fraction of sp³-hybridized carbons (Fsp3) is 0.689. The number of hydrogen-bond acceptors (Lipinski definition) is 37. The van der Waals surface area contributed by atoms with Gasteiger partial charge in [-0.05, 0) is 44.3 Å². The third-order valence-corrected chi connectivity index (χ3v) is 23.1. The van der Waals surface area contributed by atoms with E-state index in [9.17, 15) is 81.8 Å². The number of carbonyl (C=O) groups excluding carboxylic acids is 1. The van der Waals surface area contributed by atoms with E-state index in [4.69, 9.17) is 66.1 Å². The van der Waals surface area contributed by atoms with Crippen LogP contribution in [0.1, 0.15) is 111 Å². The Morgan fingerprint density at radius 3 is 0.841 bits per heavy atom. The minimum Gasteiger partial charge on any atom is -0.394 e. The molecule has 47 nitrogen and oxygen atoms in total. The van der Waals surface area contributed by atoms with Crippen LogP contribution in [0, 0.1) is 0 Å². The number of nitrogens with zero attached hydrogens (tertiary/aromatic N) is 5. The molecular weight excluding hydrogens is 1810 g/mol. The topological polar surface area (TPSA) is 614 Å². The van der Waals surface area contributed by atoms with Gasteiger partial charge in [-0.3, -0.25) is 90.1 Å². The average Bonchev–Trinajstić information content (AvgIpc) is 0.868. The van der Waals surface area contributed by atoms with Crippen LogP contribution < -0.4 is 62.4 Å². The zero-order valence-electron chi connectivity index (χ0n) is 74.6. The number of methoxy groups -OCH3 is 5. The number of carbonyl (C=O) groups is 1. The van der Waals surface area contributed by atoms with Crippen LogP contribution in [0.3, 0.4) is 0 Å². The Morgan fingerprint density at radius 1 is 0.373 bits per heavy atom. The molecule has 0 aliphatic carbocycles. The number of H-pyrrole nitrogens is 5. The number of aliphatic hydroxyl groups excluding tert-OH is 3. The smallest absolute Gasteiger partial charge is 0.342 e. The highest BCUT2D eigenvalue weighted by Crippen LogP contribution is 2.62. The van der Waals surface area contributed by atoms with Gasteiger partial charge in [-0.25, -0.2) is 24.0 Å². The van der Waals surface area contributed by atoms with E-state index >= 15 is 0 Å². The van der Waals surface area contributed by atoms with Gasteiger partial charge in [0.2, 0.25) is 7.37 Å². The second-order valence-corrected chi connectivity index (χ2v) is 33.4. The molecule has 0 spiro atoms. The molecule has 52 heteroatoms. The van der Waals surface area contributed by atoms with Crippen LogP contribution in [0.4, 0.5) is 4.70 Å². The van der Waals surface area contributed by atoms with E-state index in [0.29, 0.717) is 84.8 Å². The maximum absolute atomic E-state index is 12.1. The molecule has 0 fully saturated rings. The van der Waals surface area contributed by atoms with Crippen molar-refractivity contribution in [2.45, 2.75) is 142 Å². The van der Waals surface area contributed by atoms with E-state index in [0.717, 1.165) is 24.8 Å². The number of aliphatic hydroxyl groups is 3. The summed E-state index contributed by atoms with van der Waals surface area (Å²) in [6, 6.07) is 6.11. The summed E-state index contributed by atoms with van der Waals surface area (Å²) >= 11 is 3.18. The predicted octanol–water partition coefficient (Wildman–Crippen LogP) is 3.72. The minimum atomic E-state index is -3.35. The van der Waals surface area contributed by atoms with Gasteiger partial charge in [-0.2, -0.15) is 0 Å². The van der Waals surface area contributed by atoms with Crippen LogP contribution in [0.5, 0.6) is 0 Å². The molecule has 5 heterocycles. The van der Waals surface area contributed by atoms with Gasteiger partial charge in [0.25, 0.3) is 27.8 Å². The highest BCUT2D eigenvalue weighted by Gasteiger charge is 2.36. The van der Waals surface area contributed by atoms with Crippen LogP contribution >= 0.6 is 38.5 Å². The monoisotopic (exact) mass is 1940 g/mol. The highest BCUT2D eigenvalue weighted by atomic mass is 79.9. The lowest BCUT2D eigenvalue weighted by molar-refractivity contribution is -0.134. The first-order valence-corrected chi connectivity index (χ1v) is 45.6. The molecule has 126 heavy (non-hydrogen) atoms. The van der Waals surface area contributed by atoms with Crippen LogP contribution in [0.15, 0.2) is 121 Å². The van der Waals surface area contributed by atoms with Crippen LogP contribution in [-0.4, -0.2) is 295 Å². The molecule has 5 aromatic rings. The third-order valence-electron chi connectivity index (χ3n) is 16.3. The summed E-state index contributed by atoms with van der Waals surface area (Å²) in [4.78, 5) is 136. The lowest BCUT2D eigenvalue weighted by Gasteiger charge is -2.24. The van der Waals surface area contributed by atoms with Crippen molar-refractivity contribution in [2.24, 2.45) is 0 Å². The van der Waals surface area contributed by atoms with Gasteiger partial charge in [0, 0.05) is 144 Å². The number of nitrogens with one attached hydrogen (secondary N) is 5. The first-order chi connectivity index (χ1) is 59.2. The maximum atomic E-state index is 12.1. The van der Waals surface area contributed by atoms with E-state index < -0.39 is 134 Å². The zero-order chi connectivity index (χ0) is 94.1. The summed E-state index contributed by atoms with van der Waals surface area (Å²) in [5, 5.41) is 28.6. The summed E-state index contributed by atoms with van der Waals surface area (Å²) in [5.74, 6) is 1.08. The average molecular weight is 1950 g/mol. The second-order valence-electron chi connectivity index (χ2n) is 25.1. The molecule has 0 bridgehead atoms. The number of halogens is 2. The predicted molar refractivity (Wildman–Crippen MR) is 467 cm³/mol. The molecule has 0 amide bonds. The first-order valence-electron chi connectivity index (χ1n) is 38.8. The Hall–Kier alpha value is -7.01. The molecule has 730 valence electrons. The molecule has 5 aromatic heterocycles. The Labute approximate surface area is 736 Å². The number of aromatic nitrogens is 10. The van der Waals surface area contributed by atoms with E-state index in [2.05, 4.69) is 63.7 Å². The van der Waals surface area contributed by atoms with Gasteiger partial charge in [0.15, 0.2) is 37.0 Å². The van der Waals surface area contributed by atoms with Crippen molar-refractivity contribution in [1.29, 1.82) is 0 Å². The van der Waals surface area contributed by atoms with Gasteiger partial charge >= 0.3 is 43.6 Å². The molecule has 0 aliphatic rings. The van der Waals surface area contributed by atoms with Crippen LogP contribution in [0.25, 0.3) is 0 Å². The van der Waals surface area contributed by atoms with Crippen LogP contribution in [-0.2, 0) is 107 Å². The fourth-order valence-electron chi connectivity index (χ4n) is 9.09. The van der Waals surface area contributed by atoms with Crippen molar-refractivity contribution >= 4 is 44.8 Å². The second kappa shape index (κ2) is 74.7. The van der Waals surface area contributed by atoms with Gasteiger partial charge in [-0.1, -0.05) is 63.5 Å². The van der Waals surface area contributed by atoms with E-state index in [-0.39, 0.29) is 69.1 Å². The molecule has 0 radical (unpaired) electrons. The Balaban J connectivity index is -0.000000705. The third kappa shape index (κ3) is 53.8. The molecule has 0 saturated carbocycles. The molecular formula is C74H134BrFN11O36P3. The SMILES string of the molecule is CCC(CC)O[C@H](CO)n1ccc(=O)[nH]c1=O.CC[C@@H](/C=C/P(C)(=O)OC)O[C@H](COCCOC)n1ccc(=O)[nH]c1=O.CC[C@@H](C=O)O[C@H](COCCOC)n1ccc(=O)[nH]c1=O.CC[C@@H](CO)O[C@H](COCCOC)n1ccc(=O)[nH]c1=O.CC[C@@H](CO)O[C@H](COCCOC)n1ccc(=O)[nH]c1=O.COCCBr.COP(=O)(CP(=O)(OC)OC)OC.F.N. The summed E-state index contributed by atoms with van der Waals surface area (Å²) in [6.07, 6.45) is 7.05. The van der Waals surface area contributed by atoms with Crippen molar-refractivity contribution < 1.29 is 127 Å². The molecule has 0 saturated heterocycles. The summed E-state index contributed by atoms with van der Waals surface area (Å²) in [5.41, 5.74) is -5.41. The molecule has 0 aromatic carbocycles. The number of aromatic amines is 5. The minimum absolute atomic E-state index is 0. The lowest BCUT2D eigenvalue weighted by Crippen LogP contribution is -2.36. The summed E-state index contributed by atoms with van der Waals surface area (Å²) < 4.78 is 139. The fourth-order valence-corrected chi connectivity index (χ4v) is 13.9. The van der Waals surface area contributed by atoms with Gasteiger partial charge in [0.1, 0.15) is 12.4 Å². The quantitative estimate of drug-likeness (QED) is 0.0116. The van der Waals surface area contributed by atoms with Crippen molar-refractivity contribution in [1.82, 2.24) is 53.9 Å². The van der Waals surface area contributed by atoms with Crippen molar-refractivity contribution in [2.75, 3.05) is 195 Å². The zero-order valence-corrected chi connectivity index (χ0v) is 78.9.